The average Bonchev–Trinajstić information content (AvgIpc) is 3.01. The lowest BCUT2D eigenvalue weighted by atomic mass is 9.80. The van der Waals surface area contributed by atoms with Crippen molar-refractivity contribution >= 4 is 23.6 Å². The van der Waals surface area contributed by atoms with Gasteiger partial charge in [-0.3, -0.25) is 19.2 Å². The van der Waals surface area contributed by atoms with Gasteiger partial charge in [0.15, 0.2) is 0 Å². The third kappa shape index (κ3) is 10.0. The Morgan fingerprint density at radius 3 is 2.47 bits per heavy atom. The van der Waals surface area contributed by atoms with E-state index < -0.39 is 0 Å². The number of nitrogens with zero attached hydrogens (tertiary/aromatic N) is 3. The molecule has 2 N–H and O–H groups in total. The highest BCUT2D eigenvalue weighted by Crippen LogP contribution is 2.30. The summed E-state index contributed by atoms with van der Waals surface area (Å²) in [6.07, 6.45) is 3.25. The van der Waals surface area contributed by atoms with Crippen LogP contribution in [0.5, 0.6) is 0 Å². The number of carbonyl (C=O) groups is 4. The molecule has 2 bridgehead atoms. The minimum atomic E-state index is -0.220. The van der Waals surface area contributed by atoms with Crippen molar-refractivity contribution in [2.24, 2.45) is 11.8 Å². The second kappa shape index (κ2) is 16.7. The second-order valence-electron chi connectivity index (χ2n) is 12.2. The van der Waals surface area contributed by atoms with E-state index in [1.165, 1.54) is 0 Å². The molecule has 4 amide bonds. The van der Waals surface area contributed by atoms with Crippen molar-refractivity contribution in [2.45, 2.75) is 58.0 Å². The van der Waals surface area contributed by atoms with Gasteiger partial charge < -0.3 is 34.8 Å². The number of likely N-dealkylation sites (tertiary alicyclic amines) is 1. The van der Waals surface area contributed by atoms with Crippen molar-refractivity contribution < 1.29 is 28.7 Å². The van der Waals surface area contributed by atoms with E-state index in [4.69, 9.17) is 9.47 Å². The van der Waals surface area contributed by atoms with E-state index in [0.717, 1.165) is 19.4 Å². The van der Waals surface area contributed by atoms with Gasteiger partial charge in [-0.15, -0.1) is 0 Å². The largest absolute Gasteiger partial charge is 0.377 e. The topological polar surface area (TPSA) is 121 Å². The molecule has 2 atom stereocenters. The SMILES string of the molecule is CC(C)NCC[C@H]1CN2CC[C@H]1CC(=O)NCCOCCOCC(=O)N(C1CCN(C(=O)c3ccccc3)CC1)CC2=O. The van der Waals surface area contributed by atoms with Crippen LogP contribution in [0.2, 0.25) is 0 Å². The molecule has 4 heterocycles. The summed E-state index contributed by atoms with van der Waals surface area (Å²) in [6.45, 7) is 8.41. The van der Waals surface area contributed by atoms with Crippen molar-refractivity contribution in [3.63, 3.8) is 0 Å². The summed E-state index contributed by atoms with van der Waals surface area (Å²) in [7, 11) is 0. The molecular weight excluding hydrogens is 550 g/mol. The smallest absolute Gasteiger partial charge is 0.253 e. The van der Waals surface area contributed by atoms with Gasteiger partial charge in [-0.2, -0.15) is 0 Å². The summed E-state index contributed by atoms with van der Waals surface area (Å²) >= 11 is 0. The predicted octanol–water partition coefficient (Wildman–Crippen LogP) is 1.53. The van der Waals surface area contributed by atoms with Crippen molar-refractivity contribution in [3.05, 3.63) is 35.9 Å². The molecule has 0 radical (unpaired) electrons. The van der Waals surface area contributed by atoms with Gasteiger partial charge in [0, 0.05) is 56.8 Å². The van der Waals surface area contributed by atoms with Crippen molar-refractivity contribution in [1.29, 1.82) is 0 Å². The maximum Gasteiger partial charge on any atom is 0.253 e. The number of hydrogen-bond acceptors (Lipinski definition) is 7. The van der Waals surface area contributed by atoms with Gasteiger partial charge in [-0.05, 0) is 56.2 Å². The number of piperidine rings is 2. The predicted molar refractivity (Wildman–Crippen MR) is 162 cm³/mol. The van der Waals surface area contributed by atoms with E-state index in [1.54, 1.807) is 4.90 Å². The molecule has 4 fully saturated rings. The fourth-order valence-electron chi connectivity index (χ4n) is 6.31. The zero-order valence-corrected chi connectivity index (χ0v) is 25.8. The standard InChI is InChI=1S/C32H49N5O6/c1-24(2)33-12-8-27-21-36-14-9-26(27)20-29(38)34-13-17-42-18-19-43-23-31(40)37(22-30(36)39)28-10-15-35(16-11-28)32(41)25-6-4-3-5-7-25/h3-7,24,26-28,33H,8-23H2,1-2H3,(H,34,38)/t26-,27-/m0/s1. The maximum atomic E-state index is 13.7. The Hall–Kier alpha value is -3.02. The van der Waals surface area contributed by atoms with E-state index in [1.807, 2.05) is 40.1 Å². The van der Waals surface area contributed by atoms with Crippen LogP contribution in [0.1, 0.15) is 56.3 Å². The maximum absolute atomic E-state index is 13.7. The van der Waals surface area contributed by atoms with E-state index in [-0.39, 0.29) is 61.3 Å². The van der Waals surface area contributed by atoms with E-state index in [0.29, 0.717) is 76.8 Å². The summed E-state index contributed by atoms with van der Waals surface area (Å²) < 4.78 is 11.2. The van der Waals surface area contributed by atoms with Gasteiger partial charge >= 0.3 is 0 Å². The lowest BCUT2D eigenvalue weighted by molar-refractivity contribution is -0.148. The minimum Gasteiger partial charge on any atom is -0.377 e. The third-order valence-electron chi connectivity index (χ3n) is 8.76. The monoisotopic (exact) mass is 599 g/mol. The summed E-state index contributed by atoms with van der Waals surface area (Å²) in [5.74, 6) is 0.0768. The van der Waals surface area contributed by atoms with Gasteiger partial charge in [0.25, 0.3) is 5.91 Å². The lowest BCUT2D eigenvalue weighted by Crippen LogP contribution is -2.54. The van der Waals surface area contributed by atoms with Gasteiger partial charge in [-0.25, -0.2) is 0 Å². The number of amides is 4. The summed E-state index contributed by atoms with van der Waals surface area (Å²) in [5.41, 5.74) is 0.651. The van der Waals surface area contributed by atoms with Crippen LogP contribution in [-0.2, 0) is 23.9 Å². The highest BCUT2D eigenvalue weighted by atomic mass is 16.5. The molecule has 238 valence electrons. The zero-order chi connectivity index (χ0) is 30.6. The van der Waals surface area contributed by atoms with Crippen LogP contribution in [0, 0.1) is 11.8 Å². The summed E-state index contributed by atoms with van der Waals surface area (Å²) in [5, 5.41) is 6.42. The lowest BCUT2D eigenvalue weighted by Gasteiger charge is -2.41. The van der Waals surface area contributed by atoms with Crippen molar-refractivity contribution in [1.82, 2.24) is 25.3 Å². The first-order valence-electron chi connectivity index (χ1n) is 15.9. The average molecular weight is 600 g/mol. The Morgan fingerprint density at radius 1 is 0.977 bits per heavy atom. The normalized spacial score (nSPS) is 24.2. The molecule has 0 spiro atoms. The van der Waals surface area contributed by atoms with E-state index in [9.17, 15) is 19.2 Å². The molecule has 11 heteroatoms. The van der Waals surface area contributed by atoms with Gasteiger partial charge in [-0.1, -0.05) is 32.0 Å². The highest BCUT2D eigenvalue weighted by molar-refractivity contribution is 5.94. The zero-order valence-electron chi connectivity index (χ0n) is 25.8. The molecule has 0 aliphatic carbocycles. The first-order chi connectivity index (χ1) is 20.8. The van der Waals surface area contributed by atoms with Gasteiger partial charge in [0.05, 0.1) is 19.8 Å². The third-order valence-corrected chi connectivity index (χ3v) is 8.76. The van der Waals surface area contributed by atoms with Crippen molar-refractivity contribution in [3.8, 4) is 0 Å². The Labute approximate surface area is 255 Å². The molecule has 43 heavy (non-hydrogen) atoms. The first-order valence-corrected chi connectivity index (χ1v) is 15.9. The number of fused-ring (bicyclic) bond motifs is 15. The fraction of sp³-hybridized carbons (Fsp3) is 0.688. The first kappa shape index (κ1) is 32.9. The number of rotatable bonds is 6. The molecular formula is C32H49N5O6. The Bertz CT molecular complexity index is 1060. The summed E-state index contributed by atoms with van der Waals surface area (Å²) in [4.78, 5) is 58.2. The van der Waals surface area contributed by atoms with Crippen LogP contribution >= 0.6 is 0 Å². The number of benzene rings is 1. The summed E-state index contributed by atoms with van der Waals surface area (Å²) in [6, 6.07) is 9.42. The van der Waals surface area contributed by atoms with Crippen LogP contribution < -0.4 is 10.6 Å². The molecule has 0 aromatic heterocycles. The number of nitrogens with one attached hydrogen (secondary N) is 2. The molecule has 0 unspecified atom stereocenters. The van der Waals surface area contributed by atoms with E-state index >= 15 is 0 Å². The molecule has 11 nitrogen and oxygen atoms in total. The number of hydrogen-bond donors (Lipinski definition) is 2. The molecule has 1 aromatic carbocycles. The number of carbonyl (C=O) groups excluding carboxylic acids is 4. The molecule has 4 saturated heterocycles. The van der Waals surface area contributed by atoms with Crippen LogP contribution in [0.3, 0.4) is 0 Å². The Balaban J connectivity index is 1.44. The quantitative estimate of drug-likeness (QED) is 0.476. The molecule has 4 aliphatic heterocycles. The van der Waals surface area contributed by atoms with Crippen LogP contribution in [0.4, 0.5) is 0 Å². The molecule has 5 rings (SSSR count). The van der Waals surface area contributed by atoms with Crippen LogP contribution in [0.25, 0.3) is 0 Å². The van der Waals surface area contributed by atoms with Crippen LogP contribution in [0.15, 0.2) is 30.3 Å². The van der Waals surface area contributed by atoms with E-state index in [2.05, 4.69) is 24.5 Å². The molecule has 4 aliphatic rings. The highest BCUT2D eigenvalue weighted by Gasteiger charge is 2.36. The van der Waals surface area contributed by atoms with Gasteiger partial charge in [0.2, 0.25) is 17.7 Å². The number of ether oxygens (including phenoxy) is 2. The second-order valence-corrected chi connectivity index (χ2v) is 12.2. The molecule has 0 saturated carbocycles. The minimum absolute atomic E-state index is 0.0148. The van der Waals surface area contributed by atoms with Crippen LogP contribution in [-0.4, -0.2) is 123 Å². The molecule has 1 aromatic rings. The van der Waals surface area contributed by atoms with Crippen molar-refractivity contribution in [2.75, 3.05) is 72.2 Å². The fourth-order valence-corrected chi connectivity index (χ4v) is 6.31. The van der Waals surface area contributed by atoms with Gasteiger partial charge in [0.1, 0.15) is 13.2 Å². The Kier molecular flexibility index (Phi) is 12.8. The Morgan fingerprint density at radius 2 is 1.72 bits per heavy atom.